The van der Waals surface area contributed by atoms with E-state index < -0.39 is 45.0 Å². The summed E-state index contributed by atoms with van der Waals surface area (Å²) in [5.74, 6) is -0.817. The van der Waals surface area contributed by atoms with Crippen molar-refractivity contribution in [2.24, 2.45) is 5.41 Å². The molecule has 1 saturated carbocycles. The molecule has 0 spiro atoms. The number of hydrogen-bond donors (Lipinski definition) is 0. The average Bonchev–Trinajstić information content (AvgIpc) is 3.43. The van der Waals surface area contributed by atoms with Crippen molar-refractivity contribution in [2.75, 3.05) is 43.9 Å². The molecule has 2 aliphatic rings. The number of alkyl halides is 6. The molecule has 0 atom stereocenters. The lowest BCUT2D eigenvalue weighted by Crippen LogP contribution is -2.48. The lowest BCUT2D eigenvalue weighted by molar-refractivity contribution is -0.194. The van der Waals surface area contributed by atoms with E-state index in [9.17, 15) is 39.6 Å². The predicted molar refractivity (Wildman–Crippen MR) is 118 cm³/mol. The summed E-state index contributed by atoms with van der Waals surface area (Å²) in [6, 6.07) is 3.40. The molecular formula is C21H21F6N3O4S2. The molecule has 2 aromatic rings. The number of hydrogen-bond acceptors (Lipinski definition) is 7. The van der Waals surface area contributed by atoms with Gasteiger partial charge in [-0.15, -0.1) is 0 Å². The molecule has 2 heterocycles. The second kappa shape index (κ2) is 9.08. The number of halogens is 6. The minimum Gasteiger partial charge on any atom is -0.492 e. The Morgan fingerprint density at radius 1 is 1.11 bits per heavy atom. The van der Waals surface area contributed by atoms with E-state index in [-0.39, 0.29) is 60.4 Å². The van der Waals surface area contributed by atoms with Crippen LogP contribution in [0.4, 0.5) is 31.5 Å². The van der Waals surface area contributed by atoms with Crippen LogP contribution in [-0.2, 0) is 16.0 Å². The van der Waals surface area contributed by atoms with E-state index in [0.717, 1.165) is 24.6 Å². The van der Waals surface area contributed by atoms with Gasteiger partial charge in [-0.05, 0) is 31.0 Å². The van der Waals surface area contributed by atoms with Crippen molar-refractivity contribution in [3.8, 4) is 5.75 Å². The second-order valence-corrected chi connectivity index (χ2v) is 11.8. The number of carbonyl (C=O) groups excluding carboxylic acids is 1. The zero-order valence-electron chi connectivity index (χ0n) is 18.8. The SMILES string of the molecule is CS(=O)(=O)c1ccc(OCC2(C(F)(F)F)CC2)c(C(=O)N2CCN(c3ncc(C(F)(F)F)s3)CC2)c1. The van der Waals surface area contributed by atoms with Crippen LogP contribution in [0.1, 0.15) is 28.1 Å². The van der Waals surface area contributed by atoms with E-state index in [0.29, 0.717) is 11.3 Å². The Balaban J connectivity index is 1.51. The fraction of sp³-hybridized carbons (Fsp3) is 0.524. The number of thiazole rings is 1. The van der Waals surface area contributed by atoms with E-state index in [1.807, 2.05) is 0 Å². The van der Waals surface area contributed by atoms with Gasteiger partial charge >= 0.3 is 12.4 Å². The minimum absolute atomic E-state index is 0.0782. The van der Waals surface area contributed by atoms with E-state index >= 15 is 0 Å². The molecule has 0 radical (unpaired) electrons. The van der Waals surface area contributed by atoms with Crippen molar-refractivity contribution in [2.45, 2.75) is 30.1 Å². The summed E-state index contributed by atoms with van der Waals surface area (Å²) in [5, 5.41) is 0.152. The lowest BCUT2D eigenvalue weighted by atomic mass is 10.1. The summed E-state index contributed by atoms with van der Waals surface area (Å²) in [7, 11) is -3.73. The molecule has 1 aromatic heterocycles. The third-order valence-corrected chi connectivity index (χ3v) is 8.39. The fourth-order valence-electron chi connectivity index (χ4n) is 3.72. The number of aromatic nitrogens is 1. The summed E-state index contributed by atoms with van der Waals surface area (Å²) < 4.78 is 108. The Morgan fingerprint density at radius 3 is 2.25 bits per heavy atom. The van der Waals surface area contributed by atoms with Gasteiger partial charge in [-0.3, -0.25) is 4.79 Å². The molecule has 1 aliphatic heterocycles. The first-order chi connectivity index (χ1) is 16.6. The Morgan fingerprint density at radius 2 is 1.75 bits per heavy atom. The van der Waals surface area contributed by atoms with E-state index in [1.165, 1.54) is 11.0 Å². The maximum atomic E-state index is 13.3. The zero-order chi connectivity index (χ0) is 26.5. The van der Waals surface area contributed by atoms with Crippen LogP contribution in [0.2, 0.25) is 0 Å². The minimum atomic E-state index is -4.51. The third kappa shape index (κ3) is 5.41. The van der Waals surface area contributed by atoms with Gasteiger partial charge in [0.2, 0.25) is 0 Å². The van der Waals surface area contributed by atoms with Gasteiger partial charge in [-0.1, -0.05) is 11.3 Å². The molecule has 1 amide bonds. The van der Waals surface area contributed by atoms with Gasteiger partial charge in [0.05, 0.1) is 16.7 Å². The van der Waals surface area contributed by atoms with Crippen LogP contribution in [0.25, 0.3) is 0 Å². The van der Waals surface area contributed by atoms with Gasteiger partial charge in [0.15, 0.2) is 15.0 Å². The first-order valence-corrected chi connectivity index (χ1v) is 13.4. The van der Waals surface area contributed by atoms with Crippen molar-refractivity contribution >= 4 is 32.2 Å². The van der Waals surface area contributed by atoms with Crippen molar-refractivity contribution < 1.29 is 44.3 Å². The molecule has 36 heavy (non-hydrogen) atoms. The normalized spacial score (nSPS) is 18.3. The zero-order valence-corrected chi connectivity index (χ0v) is 20.5. The van der Waals surface area contributed by atoms with Crippen molar-refractivity contribution in [3.63, 3.8) is 0 Å². The Hall–Kier alpha value is -2.55. The topological polar surface area (TPSA) is 79.8 Å². The number of anilines is 1. The van der Waals surface area contributed by atoms with Gasteiger partial charge < -0.3 is 14.5 Å². The molecule has 4 rings (SSSR count). The predicted octanol–water partition coefficient (Wildman–Crippen LogP) is 4.25. The van der Waals surface area contributed by atoms with Crippen LogP contribution in [0.5, 0.6) is 5.75 Å². The van der Waals surface area contributed by atoms with Crippen molar-refractivity contribution in [1.29, 1.82) is 0 Å². The van der Waals surface area contributed by atoms with Crippen LogP contribution in [0.15, 0.2) is 29.3 Å². The van der Waals surface area contributed by atoms with E-state index in [2.05, 4.69) is 4.98 Å². The van der Waals surface area contributed by atoms with Crippen LogP contribution in [0.3, 0.4) is 0 Å². The highest BCUT2D eigenvalue weighted by molar-refractivity contribution is 7.90. The van der Waals surface area contributed by atoms with Gasteiger partial charge in [-0.2, -0.15) is 26.3 Å². The quantitative estimate of drug-likeness (QED) is 0.495. The molecule has 15 heteroatoms. The number of nitrogens with zero attached hydrogens (tertiary/aromatic N) is 3. The van der Waals surface area contributed by atoms with Crippen LogP contribution in [-0.4, -0.2) is 69.4 Å². The number of benzene rings is 1. The van der Waals surface area contributed by atoms with Crippen LogP contribution < -0.4 is 9.64 Å². The van der Waals surface area contributed by atoms with Gasteiger partial charge in [0, 0.05) is 32.4 Å². The maximum Gasteiger partial charge on any atom is 0.427 e. The number of carbonyl (C=O) groups is 1. The highest BCUT2D eigenvalue weighted by atomic mass is 32.2. The van der Waals surface area contributed by atoms with Crippen LogP contribution in [0, 0.1) is 5.41 Å². The Labute approximate surface area is 206 Å². The lowest BCUT2D eigenvalue weighted by Gasteiger charge is -2.35. The van der Waals surface area contributed by atoms with E-state index in [4.69, 9.17) is 4.74 Å². The summed E-state index contributed by atoms with van der Waals surface area (Å²) in [6.07, 6.45) is -7.51. The largest absolute Gasteiger partial charge is 0.492 e. The summed E-state index contributed by atoms with van der Waals surface area (Å²) in [5.41, 5.74) is -2.19. The van der Waals surface area contributed by atoms with Crippen molar-refractivity contribution in [3.05, 3.63) is 34.8 Å². The molecule has 2 fully saturated rings. The average molecular weight is 558 g/mol. The first-order valence-electron chi connectivity index (χ1n) is 10.7. The van der Waals surface area contributed by atoms with Gasteiger partial charge in [0.1, 0.15) is 22.6 Å². The monoisotopic (exact) mass is 557 g/mol. The third-order valence-electron chi connectivity index (χ3n) is 6.18. The molecule has 1 saturated heterocycles. The molecular weight excluding hydrogens is 536 g/mol. The second-order valence-electron chi connectivity index (χ2n) is 8.78. The van der Waals surface area contributed by atoms with Gasteiger partial charge in [-0.25, -0.2) is 13.4 Å². The van der Waals surface area contributed by atoms with E-state index in [1.54, 1.807) is 4.90 Å². The number of amides is 1. The number of sulfone groups is 1. The molecule has 1 aromatic carbocycles. The fourth-order valence-corrected chi connectivity index (χ4v) is 5.20. The van der Waals surface area contributed by atoms with Crippen molar-refractivity contribution in [1.82, 2.24) is 9.88 Å². The molecule has 0 unspecified atom stereocenters. The smallest absolute Gasteiger partial charge is 0.427 e. The highest BCUT2D eigenvalue weighted by Gasteiger charge is 2.64. The summed E-state index contributed by atoms with van der Waals surface area (Å²) in [4.78, 5) is 19.0. The molecule has 0 N–H and O–H groups in total. The van der Waals surface area contributed by atoms with Gasteiger partial charge in [0.25, 0.3) is 5.91 Å². The first kappa shape index (κ1) is 26.5. The highest BCUT2D eigenvalue weighted by Crippen LogP contribution is 2.57. The Kier molecular flexibility index (Phi) is 6.69. The molecule has 1 aliphatic carbocycles. The maximum absolute atomic E-state index is 13.3. The Bertz CT molecular complexity index is 1250. The number of rotatable bonds is 6. The number of ether oxygens (including phenoxy) is 1. The molecule has 7 nitrogen and oxygen atoms in total. The summed E-state index contributed by atoms with van der Waals surface area (Å²) in [6.45, 7) is -0.219. The molecule has 198 valence electrons. The number of piperazine rings is 1. The van der Waals surface area contributed by atoms with Crippen LogP contribution >= 0.6 is 11.3 Å². The summed E-state index contributed by atoms with van der Waals surface area (Å²) >= 11 is 0.484. The standard InChI is InChI=1S/C21H21F6N3O4S2/c1-36(32,33)13-2-3-15(34-12-19(4-5-19)21(25,26)27)14(10-13)17(31)29-6-8-30(9-7-29)18-28-11-16(35-18)20(22,23)24/h2-3,10-11H,4-9,12H2,1H3. The molecule has 0 bridgehead atoms.